The van der Waals surface area contributed by atoms with Gasteiger partial charge in [-0.05, 0) is 47.3 Å². The second-order valence-electron chi connectivity index (χ2n) is 9.87. The SMILES string of the molecule is C[C@H](O[Si](C)(C)C(C)(C)C)[C@H](NC(=O)OCC1c2ccccc2-c2ccccc21)C(=O)O. The Kier molecular flexibility index (Phi) is 6.81. The van der Waals surface area contributed by atoms with Crippen molar-refractivity contribution in [1.29, 1.82) is 0 Å². The highest BCUT2D eigenvalue weighted by Crippen LogP contribution is 2.44. The molecule has 2 atom stereocenters. The third-order valence-corrected chi connectivity index (χ3v) is 11.2. The predicted octanol–water partition coefficient (Wildman–Crippen LogP) is 5.39. The van der Waals surface area contributed by atoms with E-state index in [-0.39, 0.29) is 17.6 Å². The second kappa shape index (κ2) is 9.08. The van der Waals surface area contributed by atoms with E-state index >= 15 is 0 Å². The van der Waals surface area contributed by atoms with E-state index in [1.54, 1.807) is 6.92 Å². The summed E-state index contributed by atoms with van der Waals surface area (Å²) < 4.78 is 11.7. The Morgan fingerprint density at radius 1 is 1.03 bits per heavy atom. The number of amides is 1. The van der Waals surface area contributed by atoms with Crippen molar-refractivity contribution < 1.29 is 23.9 Å². The molecule has 0 radical (unpaired) electrons. The van der Waals surface area contributed by atoms with Gasteiger partial charge in [0.2, 0.25) is 0 Å². The summed E-state index contributed by atoms with van der Waals surface area (Å²) in [5.41, 5.74) is 4.48. The summed E-state index contributed by atoms with van der Waals surface area (Å²) >= 11 is 0. The smallest absolute Gasteiger partial charge is 0.407 e. The summed E-state index contributed by atoms with van der Waals surface area (Å²) in [5, 5.41) is 12.1. The quantitative estimate of drug-likeness (QED) is 0.547. The van der Waals surface area contributed by atoms with Gasteiger partial charge in [0, 0.05) is 5.92 Å². The topological polar surface area (TPSA) is 84.9 Å². The summed E-state index contributed by atoms with van der Waals surface area (Å²) in [4.78, 5) is 24.4. The van der Waals surface area contributed by atoms with Crippen LogP contribution < -0.4 is 5.32 Å². The molecule has 0 unspecified atom stereocenters. The van der Waals surface area contributed by atoms with Gasteiger partial charge in [0.25, 0.3) is 0 Å². The second-order valence-corrected chi connectivity index (χ2v) is 14.6. The fourth-order valence-corrected chi connectivity index (χ4v) is 5.28. The van der Waals surface area contributed by atoms with Gasteiger partial charge in [-0.3, -0.25) is 0 Å². The Balaban J connectivity index is 1.68. The number of carbonyl (C=O) groups excluding carboxylic acids is 1. The number of alkyl carbamates (subject to hydrolysis) is 1. The largest absolute Gasteiger partial charge is 0.480 e. The first kappa shape index (κ1) is 24.0. The summed E-state index contributed by atoms with van der Waals surface area (Å²) in [6.07, 6.45) is -1.45. The number of hydrogen-bond donors (Lipinski definition) is 2. The lowest BCUT2D eigenvalue weighted by atomic mass is 9.98. The molecule has 172 valence electrons. The summed E-state index contributed by atoms with van der Waals surface area (Å²) in [6.45, 7) is 12.2. The van der Waals surface area contributed by atoms with Gasteiger partial charge in [-0.1, -0.05) is 69.3 Å². The normalized spacial score (nSPS) is 15.4. The van der Waals surface area contributed by atoms with Gasteiger partial charge >= 0.3 is 12.1 Å². The van der Waals surface area contributed by atoms with Crippen LogP contribution in [-0.2, 0) is 14.0 Å². The van der Waals surface area contributed by atoms with Crippen LogP contribution >= 0.6 is 0 Å². The number of carboxylic acids is 1. The maximum absolute atomic E-state index is 12.6. The van der Waals surface area contributed by atoms with Gasteiger partial charge in [0.05, 0.1) is 6.10 Å². The number of nitrogens with one attached hydrogen (secondary N) is 1. The zero-order valence-corrected chi connectivity index (χ0v) is 20.6. The van der Waals surface area contributed by atoms with Crippen LogP contribution in [0.5, 0.6) is 0 Å². The van der Waals surface area contributed by atoms with Crippen molar-refractivity contribution in [3.8, 4) is 11.1 Å². The molecule has 0 heterocycles. The van der Waals surface area contributed by atoms with Crippen LogP contribution in [0, 0.1) is 0 Å². The maximum atomic E-state index is 12.6. The van der Waals surface area contributed by atoms with Gasteiger partial charge in [-0.15, -0.1) is 0 Å². The number of ether oxygens (including phenoxy) is 1. The third kappa shape index (κ3) is 4.89. The molecule has 3 rings (SSSR count). The number of hydrogen-bond acceptors (Lipinski definition) is 4. The predicted molar refractivity (Wildman–Crippen MR) is 127 cm³/mol. The highest BCUT2D eigenvalue weighted by atomic mass is 28.4. The minimum atomic E-state index is -2.20. The number of benzene rings is 2. The van der Waals surface area contributed by atoms with Crippen LogP contribution in [0.15, 0.2) is 48.5 Å². The first-order valence-electron chi connectivity index (χ1n) is 10.9. The van der Waals surface area contributed by atoms with Gasteiger partial charge in [0.1, 0.15) is 6.61 Å². The number of carbonyl (C=O) groups is 2. The molecule has 2 aromatic rings. The molecular formula is C25H33NO5Si. The Hall–Kier alpha value is -2.64. The van der Waals surface area contributed by atoms with Crippen LogP contribution in [0.25, 0.3) is 11.1 Å². The lowest BCUT2D eigenvalue weighted by Crippen LogP contribution is -2.54. The van der Waals surface area contributed by atoms with E-state index in [1.165, 1.54) is 0 Å². The minimum Gasteiger partial charge on any atom is -0.480 e. The number of carboxylic acid groups (broad SMARTS) is 1. The molecule has 32 heavy (non-hydrogen) atoms. The summed E-state index contributed by atoms with van der Waals surface area (Å²) in [5.74, 6) is -1.23. The first-order valence-corrected chi connectivity index (χ1v) is 13.9. The molecule has 0 spiro atoms. The Morgan fingerprint density at radius 3 is 2.00 bits per heavy atom. The van der Waals surface area contributed by atoms with Gasteiger partial charge in [-0.25, -0.2) is 9.59 Å². The molecule has 2 N–H and O–H groups in total. The average Bonchev–Trinajstić information content (AvgIpc) is 3.03. The van der Waals surface area contributed by atoms with Crippen molar-refractivity contribution in [1.82, 2.24) is 5.32 Å². The number of fused-ring (bicyclic) bond motifs is 3. The monoisotopic (exact) mass is 455 g/mol. The van der Waals surface area contributed by atoms with Crippen LogP contribution in [0.2, 0.25) is 18.1 Å². The molecule has 0 aliphatic heterocycles. The lowest BCUT2D eigenvalue weighted by molar-refractivity contribution is -0.141. The highest BCUT2D eigenvalue weighted by molar-refractivity contribution is 6.74. The van der Waals surface area contributed by atoms with Crippen LogP contribution in [0.3, 0.4) is 0 Å². The van der Waals surface area contributed by atoms with E-state index in [0.29, 0.717) is 0 Å². The first-order chi connectivity index (χ1) is 14.9. The Morgan fingerprint density at radius 2 is 1.53 bits per heavy atom. The zero-order chi connectivity index (χ0) is 23.7. The average molecular weight is 456 g/mol. The summed E-state index contributed by atoms with van der Waals surface area (Å²) in [6, 6.07) is 14.9. The summed E-state index contributed by atoms with van der Waals surface area (Å²) in [7, 11) is -2.20. The number of aliphatic carboxylic acids is 1. The fourth-order valence-electron chi connectivity index (χ4n) is 3.86. The van der Waals surface area contributed by atoms with E-state index in [1.807, 2.05) is 36.4 Å². The molecule has 0 saturated carbocycles. The Labute approximate surface area is 191 Å². The molecule has 0 aromatic heterocycles. The molecule has 0 fully saturated rings. The maximum Gasteiger partial charge on any atom is 0.407 e. The van der Waals surface area contributed by atoms with Crippen molar-refractivity contribution in [3.05, 3.63) is 59.7 Å². The molecule has 0 bridgehead atoms. The molecule has 2 aromatic carbocycles. The third-order valence-electron chi connectivity index (χ3n) is 6.64. The zero-order valence-electron chi connectivity index (χ0n) is 19.6. The van der Waals surface area contributed by atoms with E-state index in [9.17, 15) is 14.7 Å². The van der Waals surface area contributed by atoms with Gasteiger partial charge in [0.15, 0.2) is 14.4 Å². The molecular weight excluding hydrogens is 422 g/mol. The molecule has 1 aliphatic rings. The van der Waals surface area contributed by atoms with E-state index in [0.717, 1.165) is 22.3 Å². The van der Waals surface area contributed by atoms with Crippen molar-refractivity contribution in [2.45, 2.75) is 63.9 Å². The van der Waals surface area contributed by atoms with E-state index in [2.05, 4.69) is 51.3 Å². The molecule has 6 nitrogen and oxygen atoms in total. The van der Waals surface area contributed by atoms with Crippen molar-refractivity contribution in [2.24, 2.45) is 0 Å². The van der Waals surface area contributed by atoms with Gasteiger partial charge in [-0.2, -0.15) is 0 Å². The van der Waals surface area contributed by atoms with Crippen LogP contribution in [-0.4, -0.2) is 44.2 Å². The molecule has 7 heteroatoms. The van der Waals surface area contributed by atoms with Crippen molar-refractivity contribution >= 4 is 20.4 Å². The standard InChI is InChI=1S/C25H33NO5Si/c1-16(31-32(5,6)25(2,3)4)22(23(27)28)26-24(29)30-15-21-19-13-9-7-11-17(19)18-12-8-10-14-20(18)21/h7-14,16,21-22H,15H2,1-6H3,(H,26,29)(H,27,28)/t16-,22-/m0/s1. The van der Waals surface area contributed by atoms with Crippen LogP contribution in [0.4, 0.5) is 4.79 Å². The molecule has 1 amide bonds. The minimum absolute atomic E-state index is 0.0753. The van der Waals surface area contributed by atoms with Crippen molar-refractivity contribution in [2.75, 3.05) is 6.61 Å². The van der Waals surface area contributed by atoms with Gasteiger partial charge < -0.3 is 19.6 Å². The van der Waals surface area contributed by atoms with E-state index in [4.69, 9.17) is 9.16 Å². The Bertz CT molecular complexity index is 952. The van der Waals surface area contributed by atoms with Crippen LogP contribution in [0.1, 0.15) is 44.7 Å². The van der Waals surface area contributed by atoms with Crippen molar-refractivity contribution in [3.63, 3.8) is 0 Å². The highest BCUT2D eigenvalue weighted by Gasteiger charge is 2.41. The molecule has 0 saturated heterocycles. The molecule has 1 aliphatic carbocycles. The lowest BCUT2D eigenvalue weighted by Gasteiger charge is -2.39. The fraction of sp³-hybridized carbons (Fsp3) is 0.440. The number of rotatable bonds is 7. The van der Waals surface area contributed by atoms with E-state index < -0.39 is 32.5 Å².